The van der Waals surface area contributed by atoms with E-state index in [4.69, 9.17) is 9.84 Å². The van der Waals surface area contributed by atoms with Crippen LogP contribution in [0, 0.1) is 0 Å². The van der Waals surface area contributed by atoms with Crippen molar-refractivity contribution in [2.45, 2.75) is 25.0 Å². The van der Waals surface area contributed by atoms with E-state index in [-0.39, 0.29) is 24.2 Å². The third kappa shape index (κ3) is 4.37. The molecule has 11 heteroatoms. The van der Waals surface area contributed by atoms with Crippen molar-refractivity contribution in [1.29, 1.82) is 0 Å². The Morgan fingerprint density at radius 2 is 2.13 bits per heavy atom. The molecule has 1 fully saturated rings. The Kier molecular flexibility index (Phi) is 5.87. The molecule has 1 unspecified atom stereocenters. The van der Waals surface area contributed by atoms with Gasteiger partial charge in [-0.05, 0) is 37.1 Å². The number of fused-ring (bicyclic) bond motifs is 4. The highest BCUT2D eigenvalue weighted by Crippen LogP contribution is 2.38. The highest BCUT2D eigenvalue weighted by atomic mass is 16.5. The largest absolute Gasteiger partial charge is 0.489 e. The number of pyridine rings is 2. The molecule has 164 valence electrons. The summed E-state index contributed by atoms with van der Waals surface area (Å²) in [4.78, 5) is 36.6. The van der Waals surface area contributed by atoms with E-state index in [0.29, 0.717) is 18.1 Å². The van der Waals surface area contributed by atoms with Crippen LogP contribution in [-0.2, 0) is 0 Å². The lowest BCUT2D eigenvalue weighted by atomic mass is 10.00. The van der Waals surface area contributed by atoms with E-state index in [2.05, 4.69) is 20.2 Å². The number of carbonyl (C=O) groups excluding carboxylic acids is 1. The molecule has 0 saturated carbocycles. The Morgan fingerprint density at radius 3 is 2.84 bits per heavy atom. The lowest BCUT2D eigenvalue weighted by Crippen LogP contribution is -2.56. The quantitative estimate of drug-likeness (QED) is 0.526. The molecule has 11 nitrogen and oxygen atoms in total. The summed E-state index contributed by atoms with van der Waals surface area (Å²) in [6.07, 6.45) is 2.11. The highest BCUT2D eigenvalue weighted by molar-refractivity contribution is 6.04. The molecule has 2 bridgehead atoms. The summed E-state index contributed by atoms with van der Waals surface area (Å²) in [7, 11) is 0. The number of ether oxygens (including phenoxy) is 1. The van der Waals surface area contributed by atoms with Crippen molar-refractivity contribution >= 4 is 29.3 Å². The number of carboxylic acid groups (broad SMARTS) is 1. The molecular weight excluding hydrogens is 406 g/mol. The normalized spacial score (nSPS) is 18.2. The van der Waals surface area contributed by atoms with Crippen molar-refractivity contribution in [3.05, 3.63) is 36.2 Å². The smallest absolute Gasteiger partial charge is 0.354 e. The Balaban J connectivity index is 1.53. The number of nitrogens with zero attached hydrogens (tertiary/aromatic N) is 4. The molecule has 0 aliphatic carbocycles. The van der Waals surface area contributed by atoms with Crippen molar-refractivity contribution in [1.82, 2.24) is 9.97 Å². The standard InChI is InChI=1S/C20H23N5O6/c26-10-13(27)11-31-14-3-6-17(21-8-14)23-20(30)25-12-2-1-7-24(9-12)16-5-4-15(19(28)29)22-18(16)25/h3-6,8,12-13,26-27H,1-2,7,9-11H2,(H,28,29)(H,21,23,30)/t12-,13?/m0/s1. The van der Waals surface area contributed by atoms with E-state index in [1.807, 2.05) is 0 Å². The zero-order valence-electron chi connectivity index (χ0n) is 16.6. The summed E-state index contributed by atoms with van der Waals surface area (Å²) >= 11 is 0. The molecular formula is C20H23N5O6. The molecule has 2 aliphatic heterocycles. The third-order valence-corrected chi connectivity index (χ3v) is 5.25. The number of aliphatic hydroxyl groups excluding tert-OH is 2. The van der Waals surface area contributed by atoms with E-state index in [1.54, 1.807) is 18.2 Å². The van der Waals surface area contributed by atoms with Crippen LogP contribution in [0.3, 0.4) is 0 Å². The molecule has 4 N–H and O–H groups in total. The minimum atomic E-state index is -1.16. The summed E-state index contributed by atoms with van der Waals surface area (Å²) in [5, 5.41) is 30.2. The van der Waals surface area contributed by atoms with E-state index in [9.17, 15) is 19.8 Å². The molecule has 2 aromatic rings. The predicted molar refractivity (Wildman–Crippen MR) is 111 cm³/mol. The van der Waals surface area contributed by atoms with Gasteiger partial charge in [0.25, 0.3) is 0 Å². The Morgan fingerprint density at radius 1 is 1.29 bits per heavy atom. The second kappa shape index (κ2) is 8.74. The fourth-order valence-corrected chi connectivity index (χ4v) is 3.76. The van der Waals surface area contributed by atoms with Crippen LogP contribution in [0.2, 0.25) is 0 Å². The number of aromatic carboxylic acids is 1. The van der Waals surface area contributed by atoms with Gasteiger partial charge in [-0.1, -0.05) is 0 Å². The Labute approximate surface area is 177 Å². The summed E-state index contributed by atoms with van der Waals surface area (Å²) in [5.74, 6) is -0.164. The van der Waals surface area contributed by atoms with Crippen molar-refractivity contribution in [3.63, 3.8) is 0 Å². The molecule has 2 aliphatic rings. The molecule has 2 atom stereocenters. The number of nitrogens with one attached hydrogen (secondary N) is 1. The van der Waals surface area contributed by atoms with Crippen LogP contribution in [0.4, 0.5) is 22.1 Å². The first kappa shape index (κ1) is 20.8. The average molecular weight is 429 g/mol. The monoisotopic (exact) mass is 429 g/mol. The first-order valence-electron chi connectivity index (χ1n) is 9.93. The molecule has 2 aromatic heterocycles. The molecule has 4 rings (SSSR count). The van der Waals surface area contributed by atoms with Crippen molar-refractivity contribution in [2.75, 3.05) is 41.4 Å². The van der Waals surface area contributed by atoms with Gasteiger partial charge in [-0.25, -0.2) is 19.6 Å². The molecule has 31 heavy (non-hydrogen) atoms. The van der Waals surface area contributed by atoms with Crippen LogP contribution in [-0.4, -0.2) is 75.7 Å². The molecule has 2 amide bonds. The van der Waals surface area contributed by atoms with E-state index >= 15 is 0 Å². The van der Waals surface area contributed by atoms with Gasteiger partial charge in [0.15, 0.2) is 11.5 Å². The van der Waals surface area contributed by atoms with Crippen molar-refractivity contribution in [3.8, 4) is 5.75 Å². The van der Waals surface area contributed by atoms with E-state index in [1.165, 1.54) is 17.2 Å². The minimum absolute atomic E-state index is 0.0792. The average Bonchev–Trinajstić information content (AvgIpc) is 2.78. The van der Waals surface area contributed by atoms with Gasteiger partial charge in [0.1, 0.15) is 24.3 Å². The van der Waals surface area contributed by atoms with Gasteiger partial charge in [-0.3, -0.25) is 10.2 Å². The molecule has 1 saturated heterocycles. The van der Waals surface area contributed by atoms with Gasteiger partial charge < -0.3 is 25.0 Å². The number of aliphatic hydroxyl groups is 2. The molecule has 0 aromatic carbocycles. The summed E-state index contributed by atoms with van der Waals surface area (Å²) in [5.41, 5.74) is 0.609. The van der Waals surface area contributed by atoms with Gasteiger partial charge in [0, 0.05) is 13.1 Å². The topological polar surface area (TPSA) is 148 Å². The first-order valence-corrected chi connectivity index (χ1v) is 9.93. The number of piperidine rings is 1. The van der Waals surface area contributed by atoms with E-state index < -0.39 is 24.7 Å². The van der Waals surface area contributed by atoms with Crippen LogP contribution in [0.25, 0.3) is 0 Å². The van der Waals surface area contributed by atoms with Gasteiger partial charge in [0.05, 0.1) is 24.5 Å². The second-order valence-electron chi connectivity index (χ2n) is 7.41. The van der Waals surface area contributed by atoms with Crippen molar-refractivity contribution in [2.24, 2.45) is 0 Å². The Bertz CT molecular complexity index is 969. The molecule has 0 radical (unpaired) electrons. The number of carbonyl (C=O) groups is 2. The van der Waals surface area contributed by atoms with E-state index in [0.717, 1.165) is 25.1 Å². The second-order valence-corrected chi connectivity index (χ2v) is 7.41. The fraction of sp³-hybridized carbons (Fsp3) is 0.400. The van der Waals surface area contributed by atoms with Gasteiger partial charge >= 0.3 is 12.0 Å². The van der Waals surface area contributed by atoms with Crippen LogP contribution in [0.5, 0.6) is 5.75 Å². The zero-order chi connectivity index (χ0) is 22.0. The summed E-state index contributed by atoms with van der Waals surface area (Å²) < 4.78 is 5.30. The summed E-state index contributed by atoms with van der Waals surface area (Å²) in [6, 6.07) is 5.71. The number of hydrogen-bond donors (Lipinski definition) is 4. The zero-order valence-corrected chi connectivity index (χ0v) is 16.6. The van der Waals surface area contributed by atoms with Crippen molar-refractivity contribution < 1.29 is 29.6 Å². The first-order chi connectivity index (χ1) is 15.0. The minimum Gasteiger partial charge on any atom is -0.489 e. The molecule has 4 heterocycles. The number of aromatic nitrogens is 2. The fourth-order valence-electron chi connectivity index (χ4n) is 3.76. The van der Waals surface area contributed by atoms with Crippen LogP contribution in [0.15, 0.2) is 30.5 Å². The maximum absolute atomic E-state index is 13.1. The number of amides is 2. The predicted octanol–water partition coefficient (Wildman–Crippen LogP) is 0.928. The van der Waals surface area contributed by atoms with Gasteiger partial charge in [-0.2, -0.15) is 0 Å². The lowest BCUT2D eigenvalue weighted by molar-refractivity contribution is 0.0535. The maximum atomic E-state index is 13.1. The van der Waals surface area contributed by atoms with Crippen LogP contribution < -0.4 is 19.9 Å². The molecule has 0 spiro atoms. The number of rotatable bonds is 6. The number of urea groups is 1. The number of hydrogen-bond acceptors (Lipinski definition) is 8. The SMILES string of the molecule is O=C(O)c1ccc2c(n1)N(C(=O)Nc1ccc(OCC(O)CO)cn1)[C@H]1CCCN2C1. The number of carboxylic acids is 1. The van der Waals surface area contributed by atoms with Crippen LogP contribution >= 0.6 is 0 Å². The third-order valence-electron chi connectivity index (χ3n) is 5.25. The lowest BCUT2D eigenvalue weighted by Gasteiger charge is -2.45. The number of anilines is 3. The van der Waals surface area contributed by atoms with Gasteiger partial charge in [-0.15, -0.1) is 0 Å². The maximum Gasteiger partial charge on any atom is 0.354 e. The van der Waals surface area contributed by atoms with Gasteiger partial charge in [0.2, 0.25) is 0 Å². The summed E-state index contributed by atoms with van der Waals surface area (Å²) in [6.45, 7) is 1.00. The Hall–Kier alpha value is -3.44. The highest BCUT2D eigenvalue weighted by Gasteiger charge is 2.38. The van der Waals surface area contributed by atoms with Crippen LogP contribution in [0.1, 0.15) is 23.3 Å².